The van der Waals surface area contributed by atoms with Gasteiger partial charge in [-0.05, 0) is 30.7 Å². The smallest absolute Gasteiger partial charge is 0.419 e. The first-order chi connectivity index (χ1) is 16.8. The zero-order chi connectivity index (χ0) is 24.9. The normalized spacial score (nSPS) is 20.1. The van der Waals surface area contributed by atoms with Crippen molar-refractivity contribution in [1.29, 1.82) is 0 Å². The monoisotopic (exact) mass is 499 g/mol. The molecule has 2 aliphatic rings. The maximum Gasteiger partial charge on any atom is 0.419 e. The van der Waals surface area contributed by atoms with Crippen molar-refractivity contribution in [1.82, 2.24) is 9.47 Å². The minimum Gasteiger partial charge on any atom is -0.462 e. The number of hydrogen-bond acceptors (Lipinski definition) is 7. The van der Waals surface area contributed by atoms with Gasteiger partial charge in [-0.1, -0.05) is 23.7 Å². The van der Waals surface area contributed by atoms with Crippen molar-refractivity contribution in [2.75, 3.05) is 18.1 Å². The van der Waals surface area contributed by atoms with Crippen molar-refractivity contribution < 1.29 is 28.6 Å². The van der Waals surface area contributed by atoms with Crippen LogP contribution in [0.4, 0.5) is 10.5 Å². The third-order valence-corrected chi connectivity index (χ3v) is 6.53. The minimum absolute atomic E-state index is 0.0863. The molecule has 1 N–H and O–H groups in total. The van der Waals surface area contributed by atoms with Crippen LogP contribution in [0.15, 0.2) is 57.4 Å². The number of esters is 1. The zero-order valence-corrected chi connectivity index (χ0v) is 19.7. The molecule has 0 bridgehead atoms. The topological polar surface area (TPSA) is 114 Å². The Hall–Kier alpha value is -3.60. The maximum atomic E-state index is 13.8. The van der Waals surface area contributed by atoms with Crippen LogP contribution in [0.1, 0.15) is 24.1 Å². The number of benzene rings is 2. The maximum absolute atomic E-state index is 13.8. The average Bonchev–Trinajstić information content (AvgIpc) is 3.12. The molecule has 1 aromatic heterocycles. The van der Waals surface area contributed by atoms with Crippen LogP contribution in [0.25, 0.3) is 11.1 Å². The van der Waals surface area contributed by atoms with Gasteiger partial charge in [0.1, 0.15) is 5.57 Å². The van der Waals surface area contributed by atoms with E-state index in [1.54, 1.807) is 38.2 Å². The Morgan fingerprint density at radius 1 is 1.26 bits per heavy atom. The van der Waals surface area contributed by atoms with Crippen LogP contribution >= 0.6 is 11.6 Å². The first kappa shape index (κ1) is 23.2. The summed E-state index contributed by atoms with van der Waals surface area (Å²) in [5.74, 6) is -1.31. The van der Waals surface area contributed by atoms with Crippen molar-refractivity contribution in [3.05, 3.63) is 74.9 Å². The molecule has 0 saturated heterocycles. The lowest BCUT2D eigenvalue weighted by Crippen LogP contribution is -2.55. The largest absolute Gasteiger partial charge is 0.462 e. The van der Waals surface area contributed by atoms with Gasteiger partial charge in [0.25, 0.3) is 0 Å². The van der Waals surface area contributed by atoms with E-state index in [0.29, 0.717) is 27.4 Å². The van der Waals surface area contributed by atoms with E-state index in [0.717, 1.165) is 0 Å². The number of fused-ring (bicyclic) bond motifs is 2. The molecule has 11 heteroatoms. The number of anilines is 1. The number of nitrogens with zero attached hydrogens (tertiary/aromatic N) is 3. The molecule has 0 aliphatic carbocycles. The zero-order valence-electron chi connectivity index (χ0n) is 18.9. The van der Waals surface area contributed by atoms with Crippen molar-refractivity contribution >= 4 is 40.4 Å². The number of urea groups is 1. The third-order valence-electron chi connectivity index (χ3n) is 6.17. The summed E-state index contributed by atoms with van der Waals surface area (Å²) in [5.41, 5.74) is 2.43. The van der Waals surface area contributed by atoms with E-state index in [4.69, 9.17) is 25.5 Å². The second-order valence-corrected chi connectivity index (χ2v) is 8.56. The molecule has 0 fully saturated rings. The Bertz CT molecular complexity index is 1430. The SMILES string of the molecule is CCOC(=O)C1=CN(c2ccc3c(c2)oc(=O)n3C)C(=O)N(C2COCc3c(Cl)cccc32)C1O. The van der Waals surface area contributed by atoms with Crippen LogP contribution in [-0.4, -0.2) is 46.0 Å². The highest BCUT2D eigenvalue weighted by Gasteiger charge is 2.44. The summed E-state index contributed by atoms with van der Waals surface area (Å²) in [4.78, 5) is 40.8. The standard InChI is InChI=1S/C24H22ClN3O7/c1-3-34-22(30)15-10-27(13-7-8-18-20(9-13)35-24(32)26(18)2)23(31)28(21(15)29)19-12-33-11-16-14(19)5-4-6-17(16)25/h4-10,19,21,29H,3,11-12H2,1-2H3. The number of carbonyl (C=O) groups excluding carboxylic acids is 2. The second kappa shape index (κ2) is 8.88. The lowest BCUT2D eigenvalue weighted by molar-refractivity contribution is -0.141. The van der Waals surface area contributed by atoms with Gasteiger partial charge in [0, 0.05) is 29.9 Å². The molecule has 0 radical (unpaired) electrons. The highest BCUT2D eigenvalue weighted by molar-refractivity contribution is 6.31. The van der Waals surface area contributed by atoms with Gasteiger partial charge in [-0.3, -0.25) is 14.4 Å². The van der Waals surface area contributed by atoms with Gasteiger partial charge in [-0.25, -0.2) is 14.4 Å². The van der Waals surface area contributed by atoms with Crippen molar-refractivity contribution in [2.24, 2.45) is 7.05 Å². The molecule has 2 amide bonds. The minimum atomic E-state index is -1.59. The summed E-state index contributed by atoms with van der Waals surface area (Å²) in [7, 11) is 1.57. The van der Waals surface area contributed by atoms with Crippen LogP contribution < -0.4 is 10.7 Å². The van der Waals surface area contributed by atoms with Crippen molar-refractivity contribution in [3.8, 4) is 0 Å². The van der Waals surface area contributed by atoms with Gasteiger partial charge in [0.15, 0.2) is 11.8 Å². The van der Waals surface area contributed by atoms with Gasteiger partial charge >= 0.3 is 17.8 Å². The number of oxazole rings is 1. The molecule has 0 saturated carbocycles. The van der Waals surface area contributed by atoms with E-state index in [2.05, 4.69) is 0 Å². The fourth-order valence-electron chi connectivity index (χ4n) is 4.41. The molecular formula is C24H22ClN3O7. The second-order valence-electron chi connectivity index (χ2n) is 8.16. The number of hydrogen-bond donors (Lipinski definition) is 1. The fourth-order valence-corrected chi connectivity index (χ4v) is 4.64. The van der Waals surface area contributed by atoms with Crippen LogP contribution in [0.5, 0.6) is 0 Å². The molecule has 2 aliphatic heterocycles. The van der Waals surface area contributed by atoms with Gasteiger partial charge in [0.2, 0.25) is 0 Å². The summed E-state index contributed by atoms with van der Waals surface area (Å²) in [6, 6.07) is 8.73. The first-order valence-corrected chi connectivity index (χ1v) is 11.3. The molecule has 0 spiro atoms. The van der Waals surface area contributed by atoms with Gasteiger partial charge < -0.3 is 19.0 Å². The summed E-state index contributed by atoms with van der Waals surface area (Å²) < 4.78 is 17.4. The predicted molar refractivity (Wildman–Crippen MR) is 126 cm³/mol. The van der Waals surface area contributed by atoms with Crippen molar-refractivity contribution in [2.45, 2.75) is 25.8 Å². The number of ether oxygens (including phenoxy) is 2. The molecule has 2 unspecified atom stereocenters. The van der Waals surface area contributed by atoms with Crippen LogP contribution in [0.2, 0.25) is 5.02 Å². The molecule has 182 valence electrons. The van der Waals surface area contributed by atoms with E-state index in [1.807, 2.05) is 6.07 Å². The number of aliphatic hydroxyl groups excluding tert-OH is 1. The molecule has 3 aromatic rings. The van der Waals surface area contributed by atoms with Gasteiger partial charge in [-0.2, -0.15) is 0 Å². The summed E-state index contributed by atoms with van der Waals surface area (Å²) in [6.45, 7) is 2.08. The predicted octanol–water partition coefficient (Wildman–Crippen LogP) is 3.06. The molecule has 3 heterocycles. The van der Waals surface area contributed by atoms with Crippen LogP contribution in [0, 0.1) is 0 Å². The van der Waals surface area contributed by atoms with E-state index in [9.17, 15) is 19.5 Å². The Balaban J connectivity index is 1.63. The molecule has 2 aromatic carbocycles. The number of aromatic nitrogens is 1. The number of amides is 2. The van der Waals surface area contributed by atoms with Crippen LogP contribution in [-0.2, 0) is 27.9 Å². The molecule has 2 atom stereocenters. The number of aliphatic hydroxyl groups is 1. The number of carbonyl (C=O) groups is 2. The lowest BCUT2D eigenvalue weighted by atomic mass is 9.96. The third kappa shape index (κ3) is 3.79. The Morgan fingerprint density at radius 3 is 2.83 bits per heavy atom. The van der Waals surface area contributed by atoms with E-state index < -0.39 is 30.0 Å². The van der Waals surface area contributed by atoms with Gasteiger partial charge in [0.05, 0.1) is 37.1 Å². The number of rotatable bonds is 4. The summed E-state index contributed by atoms with van der Waals surface area (Å²) in [5, 5.41) is 11.7. The molecular weight excluding hydrogens is 478 g/mol. The van der Waals surface area contributed by atoms with E-state index in [1.165, 1.54) is 26.6 Å². The molecule has 10 nitrogen and oxygen atoms in total. The lowest BCUT2D eigenvalue weighted by Gasteiger charge is -2.43. The summed E-state index contributed by atoms with van der Waals surface area (Å²) in [6.07, 6.45) is -0.346. The van der Waals surface area contributed by atoms with Gasteiger partial charge in [-0.15, -0.1) is 0 Å². The Kier molecular flexibility index (Phi) is 5.87. The quantitative estimate of drug-likeness (QED) is 0.548. The highest BCUT2D eigenvalue weighted by Crippen LogP contribution is 2.38. The Morgan fingerprint density at radius 2 is 2.06 bits per heavy atom. The first-order valence-electron chi connectivity index (χ1n) is 10.9. The van der Waals surface area contributed by atoms with Crippen molar-refractivity contribution in [3.63, 3.8) is 0 Å². The number of halogens is 1. The average molecular weight is 500 g/mol. The fraction of sp³-hybridized carbons (Fsp3) is 0.292. The molecule has 5 rings (SSSR count). The van der Waals surface area contributed by atoms with E-state index in [-0.39, 0.29) is 31.0 Å². The number of aryl methyl sites for hydroxylation is 1. The Labute approximate surface area is 204 Å². The molecule has 35 heavy (non-hydrogen) atoms. The highest BCUT2D eigenvalue weighted by atomic mass is 35.5. The van der Waals surface area contributed by atoms with E-state index >= 15 is 0 Å². The summed E-state index contributed by atoms with van der Waals surface area (Å²) >= 11 is 6.35. The van der Waals surface area contributed by atoms with Crippen LogP contribution in [0.3, 0.4) is 0 Å².